The van der Waals surface area contributed by atoms with Crippen LogP contribution in [0.5, 0.6) is 11.5 Å². The Morgan fingerprint density at radius 2 is 2.00 bits per heavy atom. The highest BCUT2D eigenvalue weighted by molar-refractivity contribution is 5.97. The minimum Gasteiger partial charge on any atom is -0.508 e. The van der Waals surface area contributed by atoms with Gasteiger partial charge in [0.05, 0.1) is 5.56 Å². The predicted molar refractivity (Wildman–Crippen MR) is 52.4 cm³/mol. The van der Waals surface area contributed by atoms with E-state index in [1.165, 1.54) is 12.1 Å². The number of nitrogens with one attached hydrogen (secondary N) is 1. The van der Waals surface area contributed by atoms with Crippen LogP contribution in [-0.2, 0) is 0 Å². The van der Waals surface area contributed by atoms with Crippen LogP contribution in [0, 0.1) is 0 Å². The van der Waals surface area contributed by atoms with Crippen LogP contribution in [0.15, 0.2) is 18.2 Å². The number of hydrogen-bond donors (Lipinski definition) is 3. The molecule has 0 saturated carbocycles. The molecule has 0 aliphatic carbocycles. The minimum absolute atomic E-state index is 0.00991. The van der Waals surface area contributed by atoms with Gasteiger partial charge in [0, 0.05) is 12.1 Å². The summed E-state index contributed by atoms with van der Waals surface area (Å²) >= 11 is 0. The summed E-state index contributed by atoms with van der Waals surface area (Å²) in [4.78, 5) is 11.4. The molecule has 14 heavy (non-hydrogen) atoms. The fourth-order valence-corrected chi connectivity index (χ4v) is 1.05. The molecule has 0 heterocycles. The van der Waals surface area contributed by atoms with Crippen molar-refractivity contribution < 1.29 is 15.0 Å². The van der Waals surface area contributed by atoms with Crippen molar-refractivity contribution in [2.45, 2.75) is 19.9 Å². The molecule has 0 saturated heterocycles. The van der Waals surface area contributed by atoms with E-state index in [0.29, 0.717) is 0 Å². The van der Waals surface area contributed by atoms with Gasteiger partial charge in [0.15, 0.2) is 0 Å². The van der Waals surface area contributed by atoms with Gasteiger partial charge >= 0.3 is 0 Å². The molecular formula is C10H13NO3. The molecule has 1 aromatic rings. The molecule has 3 N–H and O–H groups in total. The van der Waals surface area contributed by atoms with Gasteiger partial charge in [-0.15, -0.1) is 0 Å². The molecule has 76 valence electrons. The summed E-state index contributed by atoms with van der Waals surface area (Å²) in [6, 6.07) is 3.88. The number of rotatable bonds is 2. The van der Waals surface area contributed by atoms with Crippen molar-refractivity contribution in [1.82, 2.24) is 5.32 Å². The average molecular weight is 195 g/mol. The van der Waals surface area contributed by atoms with Crippen LogP contribution >= 0.6 is 0 Å². The van der Waals surface area contributed by atoms with E-state index in [1.54, 1.807) is 0 Å². The van der Waals surface area contributed by atoms with Crippen molar-refractivity contribution in [3.05, 3.63) is 23.8 Å². The molecule has 0 atom stereocenters. The first-order chi connectivity index (χ1) is 6.50. The zero-order chi connectivity index (χ0) is 10.7. The molecule has 0 bridgehead atoms. The second-order valence-electron chi connectivity index (χ2n) is 3.33. The second-order valence-corrected chi connectivity index (χ2v) is 3.33. The zero-order valence-electron chi connectivity index (χ0n) is 8.11. The summed E-state index contributed by atoms with van der Waals surface area (Å²) in [6.07, 6.45) is 0. The molecule has 4 heteroatoms. The van der Waals surface area contributed by atoms with Crippen LogP contribution in [0.3, 0.4) is 0 Å². The highest BCUT2D eigenvalue weighted by atomic mass is 16.3. The first-order valence-corrected chi connectivity index (χ1v) is 4.33. The van der Waals surface area contributed by atoms with Gasteiger partial charge in [-0.05, 0) is 26.0 Å². The Morgan fingerprint density at radius 3 is 2.50 bits per heavy atom. The molecule has 1 amide bonds. The lowest BCUT2D eigenvalue weighted by Crippen LogP contribution is -2.30. The third-order valence-corrected chi connectivity index (χ3v) is 1.65. The van der Waals surface area contributed by atoms with E-state index in [4.69, 9.17) is 5.11 Å². The van der Waals surface area contributed by atoms with Crippen molar-refractivity contribution in [2.75, 3.05) is 0 Å². The summed E-state index contributed by atoms with van der Waals surface area (Å²) in [5.41, 5.74) is 0.163. The summed E-state index contributed by atoms with van der Waals surface area (Å²) < 4.78 is 0. The second kappa shape index (κ2) is 4.00. The van der Waals surface area contributed by atoms with Gasteiger partial charge < -0.3 is 15.5 Å². The largest absolute Gasteiger partial charge is 0.508 e. The Kier molecular flexibility index (Phi) is 2.96. The predicted octanol–water partition coefficient (Wildman–Crippen LogP) is 1.24. The van der Waals surface area contributed by atoms with Gasteiger partial charge in [-0.2, -0.15) is 0 Å². The van der Waals surface area contributed by atoms with E-state index in [2.05, 4.69) is 5.32 Å². The molecule has 0 spiro atoms. The maximum absolute atomic E-state index is 11.4. The number of benzene rings is 1. The molecule has 1 aromatic carbocycles. The quantitative estimate of drug-likeness (QED) is 0.664. The SMILES string of the molecule is CC(C)NC(=O)c1ccc(O)cc1O. The average Bonchev–Trinajstić information content (AvgIpc) is 2.01. The fraction of sp³-hybridized carbons (Fsp3) is 0.300. The Hall–Kier alpha value is -1.71. The van der Waals surface area contributed by atoms with Crippen molar-refractivity contribution in [3.8, 4) is 11.5 Å². The van der Waals surface area contributed by atoms with Gasteiger partial charge in [-0.25, -0.2) is 0 Å². The number of carbonyl (C=O) groups is 1. The van der Waals surface area contributed by atoms with Crippen LogP contribution in [0.4, 0.5) is 0 Å². The van der Waals surface area contributed by atoms with Crippen molar-refractivity contribution in [3.63, 3.8) is 0 Å². The lowest BCUT2D eigenvalue weighted by Gasteiger charge is -2.09. The maximum Gasteiger partial charge on any atom is 0.255 e. The molecule has 1 rings (SSSR count). The van der Waals surface area contributed by atoms with Gasteiger partial charge in [0.1, 0.15) is 11.5 Å². The van der Waals surface area contributed by atoms with E-state index in [1.807, 2.05) is 13.8 Å². The van der Waals surface area contributed by atoms with Gasteiger partial charge in [-0.3, -0.25) is 4.79 Å². The number of carbonyl (C=O) groups excluding carboxylic acids is 1. The number of phenols is 2. The standard InChI is InChI=1S/C10H13NO3/c1-6(2)11-10(14)8-4-3-7(12)5-9(8)13/h3-6,12-13H,1-2H3,(H,11,14). The summed E-state index contributed by atoms with van der Waals surface area (Å²) in [5.74, 6) is -0.635. The molecular weight excluding hydrogens is 182 g/mol. The topological polar surface area (TPSA) is 69.6 Å². The van der Waals surface area contributed by atoms with Gasteiger partial charge in [-0.1, -0.05) is 0 Å². The van der Waals surface area contributed by atoms with Crippen molar-refractivity contribution in [1.29, 1.82) is 0 Å². The molecule has 0 fully saturated rings. The van der Waals surface area contributed by atoms with Crippen molar-refractivity contribution in [2.24, 2.45) is 0 Å². The van der Waals surface area contributed by atoms with Crippen LogP contribution in [0.25, 0.3) is 0 Å². The molecule has 4 nitrogen and oxygen atoms in total. The smallest absolute Gasteiger partial charge is 0.255 e. The highest BCUT2D eigenvalue weighted by Crippen LogP contribution is 2.22. The van der Waals surface area contributed by atoms with E-state index >= 15 is 0 Å². The van der Waals surface area contributed by atoms with Crippen LogP contribution in [0.2, 0.25) is 0 Å². The van der Waals surface area contributed by atoms with Crippen LogP contribution < -0.4 is 5.32 Å². The van der Waals surface area contributed by atoms with Crippen LogP contribution in [0.1, 0.15) is 24.2 Å². The van der Waals surface area contributed by atoms with E-state index < -0.39 is 0 Å². The number of hydrogen-bond acceptors (Lipinski definition) is 3. The minimum atomic E-state index is -0.350. The van der Waals surface area contributed by atoms with E-state index in [0.717, 1.165) is 6.07 Å². The molecule has 0 aromatic heterocycles. The summed E-state index contributed by atoms with van der Waals surface area (Å²) in [7, 11) is 0. The molecule has 0 unspecified atom stereocenters. The highest BCUT2D eigenvalue weighted by Gasteiger charge is 2.11. The van der Waals surface area contributed by atoms with Gasteiger partial charge in [0.25, 0.3) is 5.91 Å². The number of phenolic OH excluding ortho intramolecular Hbond substituents is 2. The Morgan fingerprint density at radius 1 is 1.36 bits per heavy atom. The Bertz CT molecular complexity index is 347. The molecule has 0 radical (unpaired) electrons. The lowest BCUT2D eigenvalue weighted by atomic mass is 10.1. The third-order valence-electron chi connectivity index (χ3n) is 1.65. The summed E-state index contributed by atoms with van der Waals surface area (Å²) in [5, 5.41) is 21.0. The van der Waals surface area contributed by atoms with Crippen molar-refractivity contribution >= 4 is 5.91 Å². The fourth-order valence-electron chi connectivity index (χ4n) is 1.05. The lowest BCUT2D eigenvalue weighted by molar-refractivity contribution is 0.0940. The molecule has 0 aliphatic rings. The monoisotopic (exact) mass is 195 g/mol. The van der Waals surface area contributed by atoms with E-state index in [9.17, 15) is 9.90 Å². The number of amides is 1. The molecule has 0 aliphatic heterocycles. The first-order valence-electron chi connectivity index (χ1n) is 4.33. The zero-order valence-corrected chi connectivity index (χ0v) is 8.11. The van der Waals surface area contributed by atoms with Gasteiger partial charge in [0.2, 0.25) is 0 Å². The maximum atomic E-state index is 11.4. The number of aromatic hydroxyl groups is 2. The van der Waals surface area contributed by atoms with Crippen LogP contribution in [-0.4, -0.2) is 22.2 Å². The first kappa shape index (κ1) is 10.4. The normalized spacial score (nSPS) is 10.2. The Labute approximate surface area is 82.2 Å². The Balaban J connectivity index is 2.90. The van der Waals surface area contributed by atoms with E-state index in [-0.39, 0.29) is 29.0 Å². The third kappa shape index (κ3) is 2.39. The summed E-state index contributed by atoms with van der Waals surface area (Å²) in [6.45, 7) is 3.66.